The first-order valence-electron chi connectivity index (χ1n) is 6.87. The molecule has 1 aliphatic rings. The van der Waals surface area contributed by atoms with Crippen molar-refractivity contribution in [3.63, 3.8) is 0 Å². The number of nitrogens with zero attached hydrogens (tertiary/aromatic N) is 2. The van der Waals surface area contributed by atoms with Crippen LogP contribution in [0.15, 0.2) is 12.2 Å². The summed E-state index contributed by atoms with van der Waals surface area (Å²) in [5.41, 5.74) is 6.28. The van der Waals surface area contributed by atoms with E-state index in [2.05, 4.69) is 11.5 Å². The average Bonchev–Trinajstić information content (AvgIpc) is 2.36. The summed E-state index contributed by atoms with van der Waals surface area (Å²) in [7, 11) is 0. The second kappa shape index (κ2) is 7.28. The van der Waals surface area contributed by atoms with Gasteiger partial charge < -0.3 is 10.6 Å². The predicted octanol–water partition coefficient (Wildman–Crippen LogP) is 0.608. The van der Waals surface area contributed by atoms with Gasteiger partial charge in [-0.1, -0.05) is 12.2 Å². The van der Waals surface area contributed by atoms with Crippen LogP contribution in [0.3, 0.4) is 0 Å². The number of hydrogen-bond donors (Lipinski definition) is 1. The highest BCUT2D eigenvalue weighted by atomic mass is 16.2. The molecule has 2 amide bonds. The largest absolute Gasteiger partial charge is 0.369 e. The van der Waals surface area contributed by atoms with E-state index in [-0.39, 0.29) is 17.7 Å². The molecule has 2 N–H and O–H groups in total. The van der Waals surface area contributed by atoms with Crippen molar-refractivity contribution in [2.24, 2.45) is 11.7 Å². The molecule has 0 aromatic carbocycles. The number of carbonyl (C=O) groups is 2. The zero-order valence-corrected chi connectivity index (χ0v) is 12.0. The maximum absolute atomic E-state index is 12.1. The molecule has 0 saturated carbocycles. The van der Waals surface area contributed by atoms with Crippen molar-refractivity contribution in [2.75, 3.05) is 32.7 Å². The molecule has 1 saturated heterocycles. The molecule has 0 aromatic rings. The SMILES string of the molecule is C=C(C)CN(CC)C(=O)CN1CCC(C(N)=O)CC1. The van der Waals surface area contributed by atoms with E-state index in [0.29, 0.717) is 19.6 Å². The molecule has 0 atom stereocenters. The summed E-state index contributed by atoms with van der Waals surface area (Å²) >= 11 is 0. The number of likely N-dealkylation sites (tertiary alicyclic amines) is 1. The molecule has 0 radical (unpaired) electrons. The topological polar surface area (TPSA) is 66.6 Å². The minimum atomic E-state index is -0.219. The molecular weight excluding hydrogens is 242 g/mol. The highest BCUT2D eigenvalue weighted by Crippen LogP contribution is 2.16. The lowest BCUT2D eigenvalue weighted by Crippen LogP contribution is -2.45. The number of primary amides is 1. The van der Waals surface area contributed by atoms with Crippen LogP contribution in [0.5, 0.6) is 0 Å². The molecule has 1 fully saturated rings. The Morgan fingerprint density at radius 1 is 1.37 bits per heavy atom. The van der Waals surface area contributed by atoms with Crippen LogP contribution in [-0.4, -0.2) is 54.3 Å². The molecule has 0 bridgehead atoms. The zero-order chi connectivity index (χ0) is 14.4. The fourth-order valence-corrected chi connectivity index (χ4v) is 2.37. The van der Waals surface area contributed by atoms with Crippen LogP contribution in [-0.2, 0) is 9.59 Å². The minimum Gasteiger partial charge on any atom is -0.369 e. The van der Waals surface area contributed by atoms with Gasteiger partial charge >= 0.3 is 0 Å². The fraction of sp³-hybridized carbons (Fsp3) is 0.714. The van der Waals surface area contributed by atoms with Crippen molar-refractivity contribution < 1.29 is 9.59 Å². The Labute approximate surface area is 115 Å². The Bertz CT molecular complexity index is 347. The van der Waals surface area contributed by atoms with Crippen molar-refractivity contribution in [2.45, 2.75) is 26.7 Å². The van der Waals surface area contributed by atoms with Gasteiger partial charge in [-0.25, -0.2) is 0 Å². The molecule has 0 aliphatic carbocycles. The highest BCUT2D eigenvalue weighted by Gasteiger charge is 2.25. The van der Waals surface area contributed by atoms with E-state index in [4.69, 9.17) is 5.73 Å². The summed E-state index contributed by atoms with van der Waals surface area (Å²) in [6.07, 6.45) is 1.52. The first-order chi connectivity index (χ1) is 8.93. The van der Waals surface area contributed by atoms with Gasteiger partial charge in [0.25, 0.3) is 0 Å². The Balaban J connectivity index is 2.41. The average molecular weight is 267 g/mol. The fourth-order valence-electron chi connectivity index (χ4n) is 2.37. The lowest BCUT2D eigenvalue weighted by atomic mass is 9.96. The number of piperidine rings is 1. The van der Waals surface area contributed by atoms with Gasteiger partial charge in [-0.3, -0.25) is 14.5 Å². The van der Waals surface area contributed by atoms with Crippen LogP contribution in [0.1, 0.15) is 26.7 Å². The molecule has 5 nitrogen and oxygen atoms in total. The molecule has 1 heterocycles. The third-order valence-electron chi connectivity index (χ3n) is 3.54. The quantitative estimate of drug-likeness (QED) is 0.717. The summed E-state index contributed by atoms with van der Waals surface area (Å²) in [4.78, 5) is 27.1. The molecule has 0 unspecified atom stereocenters. The lowest BCUT2D eigenvalue weighted by molar-refractivity contribution is -0.132. The van der Waals surface area contributed by atoms with E-state index in [1.54, 1.807) is 0 Å². The molecule has 108 valence electrons. The van der Waals surface area contributed by atoms with Gasteiger partial charge in [-0.2, -0.15) is 0 Å². The number of hydrogen-bond acceptors (Lipinski definition) is 3. The highest BCUT2D eigenvalue weighted by molar-refractivity contribution is 5.79. The minimum absolute atomic E-state index is 0.0240. The maximum Gasteiger partial charge on any atom is 0.237 e. The van der Waals surface area contributed by atoms with E-state index < -0.39 is 0 Å². The molecule has 1 aliphatic heterocycles. The van der Waals surface area contributed by atoms with E-state index in [1.807, 2.05) is 18.7 Å². The summed E-state index contributed by atoms with van der Waals surface area (Å²) in [5.74, 6) is -0.115. The van der Waals surface area contributed by atoms with Gasteiger partial charge in [-0.05, 0) is 39.8 Å². The van der Waals surface area contributed by atoms with Gasteiger partial charge in [0.2, 0.25) is 11.8 Å². The van der Waals surface area contributed by atoms with E-state index >= 15 is 0 Å². The molecule has 0 aromatic heterocycles. The van der Waals surface area contributed by atoms with Crippen molar-refractivity contribution in [1.82, 2.24) is 9.80 Å². The number of amides is 2. The zero-order valence-electron chi connectivity index (χ0n) is 12.0. The Hall–Kier alpha value is -1.36. The Kier molecular flexibility index (Phi) is 6.02. The van der Waals surface area contributed by atoms with Gasteiger partial charge in [0.15, 0.2) is 0 Å². The number of nitrogens with two attached hydrogens (primary N) is 1. The summed E-state index contributed by atoms with van der Waals surface area (Å²) < 4.78 is 0. The standard InChI is InChI=1S/C14H25N3O2/c1-4-17(9-11(2)3)13(18)10-16-7-5-12(6-8-16)14(15)19/h12H,2,4-10H2,1,3H3,(H2,15,19). The summed E-state index contributed by atoms with van der Waals surface area (Å²) in [6, 6.07) is 0. The predicted molar refractivity (Wildman–Crippen MR) is 75.4 cm³/mol. The van der Waals surface area contributed by atoms with Gasteiger partial charge in [0.05, 0.1) is 6.54 Å². The number of carbonyl (C=O) groups excluding carboxylic acids is 2. The van der Waals surface area contributed by atoms with Crippen LogP contribution in [0.25, 0.3) is 0 Å². The van der Waals surface area contributed by atoms with Crippen LogP contribution in [0.2, 0.25) is 0 Å². The number of rotatable bonds is 6. The van der Waals surface area contributed by atoms with Gasteiger partial charge in [-0.15, -0.1) is 0 Å². The van der Waals surface area contributed by atoms with E-state index in [9.17, 15) is 9.59 Å². The summed E-state index contributed by atoms with van der Waals surface area (Å²) in [6.45, 7) is 11.0. The second-order valence-electron chi connectivity index (χ2n) is 5.32. The first kappa shape index (κ1) is 15.7. The van der Waals surface area contributed by atoms with Crippen molar-refractivity contribution in [1.29, 1.82) is 0 Å². The molecule has 0 spiro atoms. The van der Waals surface area contributed by atoms with Crippen LogP contribution in [0.4, 0.5) is 0 Å². The Morgan fingerprint density at radius 3 is 2.37 bits per heavy atom. The maximum atomic E-state index is 12.1. The molecule has 5 heteroatoms. The third kappa shape index (κ3) is 5.03. The lowest BCUT2D eigenvalue weighted by Gasteiger charge is -2.31. The smallest absolute Gasteiger partial charge is 0.237 e. The van der Waals surface area contributed by atoms with Crippen LogP contribution < -0.4 is 5.73 Å². The summed E-state index contributed by atoms with van der Waals surface area (Å²) in [5, 5.41) is 0. The van der Waals surface area contributed by atoms with Crippen molar-refractivity contribution in [3.8, 4) is 0 Å². The third-order valence-corrected chi connectivity index (χ3v) is 3.54. The van der Waals surface area contributed by atoms with E-state index in [0.717, 1.165) is 31.5 Å². The normalized spacial score (nSPS) is 17.2. The van der Waals surface area contributed by atoms with Crippen molar-refractivity contribution >= 4 is 11.8 Å². The van der Waals surface area contributed by atoms with Gasteiger partial charge in [0, 0.05) is 19.0 Å². The molecule has 1 rings (SSSR count). The first-order valence-corrected chi connectivity index (χ1v) is 6.87. The molecule has 19 heavy (non-hydrogen) atoms. The monoisotopic (exact) mass is 267 g/mol. The van der Waals surface area contributed by atoms with Crippen LogP contribution >= 0.6 is 0 Å². The Morgan fingerprint density at radius 2 is 1.95 bits per heavy atom. The molecular formula is C14H25N3O2. The van der Waals surface area contributed by atoms with Gasteiger partial charge in [0.1, 0.15) is 0 Å². The van der Waals surface area contributed by atoms with E-state index in [1.165, 1.54) is 0 Å². The van der Waals surface area contributed by atoms with Crippen molar-refractivity contribution in [3.05, 3.63) is 12.2 Å². The van der Waals surface area contributed by atoms with Crippen LogP contribution in [0, 0.1) is 5.92 Å². The number of likely N-dealkylation sites (N-methyl/N-ethyl adjacent to an activating group) is 1. The second-order valence-corrected chi connectivity index (χ2v) is 5.32.